The number of fused-ring (bicyclic) bond motifs is 1. The third-order valence-corrected chi connectivity index (χ3v) is 10.1. The van der Waals surface area contributed by atoms with Crippen LogP contribution >= 0.6 is 37.9 Å². The van der Waals surface area contributed by atoms with E-state index in [1.165, 1.54) is 48.5 Å². The lowest BCUT2D eigenvalue weighted by Gasteiger charge is -2.01. The van der Waals surface area contributed by atoms with Gasteiger partial charge in [-0.25, -0.2) is 0 Å². The summed E-state index contributed by atoms with van der Waals surface area (Å²) in [5, 5.41) is 134. The molecule has 18 heteroatoms. The van der Waals surface area contributed by atoms with Gasteiger partial charge in [-0.2, -0.15) is 0 Å². The minimum Gasteiger partial charge on any atom is -0.508 e. The zero-order chi connectivity index (χ0) is 56.2. The maximum absolute atomic E-state index is 9.38. The van der Waals surface area contributed by atoms with Crippen molar-refractivity contribution in [3.05, 3.63) is 218 Å². The summed E-state index contributed by atoms with van der Waals surface area (Å²) in [5.74, 6) is -0.320. The Morgan fingerprint density at radius 2 is 0.417 bits per heavy atom. The van der Waals surface area contributed by atoms with Gasteiger partial charge in [-0.15, -0.1) is 37.9 Å². The fraction of sp³-hybridized carbons (Fsp3) is 0.121. The van der Waals surface area contributed by atoms with Crippen molar-refractivity contribution in [2.75, 3.05) is 0 Å². The van der Waals surface area contributed by atoms with Gasteiger partial charge in [0.2, 0.25) is 0 Å². The lowest BCUT2D eigenvalue weighted by Crippen LogP contribution is -1.75. The predicted molar refractivity (Wildman–Crippen MR) is 355 cm³/mol. The van der Waals surface area contributed by atoms with Gasteiger partial charge in [0.15, 0.2) is 28.7 Å². The first kappa shape index (κ1) is 85.8. The molecule has 0 bridgehead atoms. The van der Waals surface area contributed by atoms with Gasteiger partial charge in [-0.3, -0.25) is 0 Å². The summed E-state index contributed by atoms with van der Waals surface area (Å²) < 4.78 is 0. The van der Waals surface area contributed by atoms with Gasteiger partial charge >= 0.3 is 0 Å². The summed E-state index contributed by atoms with van der Waals surface area (Å²) in [6, 6.07) is 57.8. The predicted octanol–water partition coefficient (Wildman–Crippen LogP) is 17.9. The molecule has 0 atom stereocenters. The lowest BCUT2D eigenvalue weighted by atomic mass is 10.1. The minimum absolute atomic E-state index is 0. The number of para-hydroxylation sites is 3. The van der Waals surface area contributed by atoms with Crippen LogP contribution in [0.1, 0.15) is 59.4 Å². The Morgan fingerprint density at radius 3 is 0.667 bits per heavy atom. The molecule has 10 aromatic carbocycles. The molecule has 0 saturated carbocycles. The highest BCUT2D eigenvalue weighted by Gasteiger charge is 2.03. The van der Waals surface area contributed by atoms with Gasteiger partial charge < -0.3 is 76.6 Å². The molecule has 0 unspecified atom stereocenters. The Labute approximate surface area is 512 Å². The Hall–Kier alpha value is -9.49. The molecule has 0 aromatic heterocycles. The smallest absolute Gasteiger partial charge is 0.200 e. The molecule has 0 saturated heterocycles. The molecule has 0 aliphatic carbocycles. The molecule has 10 rings (SSSR count). The molecule has 84 heavy (non-hydrogen) atoms. The van der Waals surface area contributed by atoms with E-state index in [2.05, 4.69) is 37.9 Å². The zero-order valence-electron chi connectivity index (χ0n) is 39.8. The van der Waals surface area contributed by atoms with Crippen LogP contribution in [0.25, 0.3) is 21.9 Å². The van der Waals surface area contributed by atoms with Crippen LogP contribution in [0, 0.1) is 0 Å². The van der Waals surface area contributed by atoms with Crippen molar-refractivity contribution in [2.45, 2.75) is 74.1 Å². The highest BCUT2D eigenvalue weighted by molar-refractivity contribution is 7.80. The van der Waals surface area contributed by atoms with E-state index in [1.807, 2.05) is 48.5 Å². The number of benzene rings is 10. The second-order valence-corrected chi connectivity index (χ2v) is 16.7. The van der Waals surface area contributed by atoms with Gasteiger partial charge in [-0.1, -0.05) is 132 Å². The fourth-order valence-corrected chi connectivity index (χ4v) is 5.99. The Morgan fingerprint density at radius 1 is 0.190 bits per heavy atom. The second-order valence-electron chi connectivity index (χ2n) is 15.1. The molecule has 15 N–H and O–H groups in total. The molecular formula is C66H86O15S3. The topological polar surface area (TPSA) is 303 Å². The van der Waals surface area contributed by atoms with Crippen molar-refractivity contribution < 1.29 is 76.6 Å². The van der Waals surface area contributed by atoms with Crippen molar-refractivity contribution in [2.24, 2.45) is 0 Å². The molecule has 458 valence electrons. The van der Waals surface area contributed by atoms with Crippen molar-refractivity contribution in [3.63, 3.8) is 0 Å². The largest absolute Gasteiger partial charge is 0.508 e. The third kappa shape index (κ3) is 33.3. The summed E-state index contributed by atoms with van der Waals surface area (Å²) >= 11 is 12.2. The molecule has 0 spiro atoms. The number of rotatable bonds is 1. The first-order valence-corrected chi connectivity index (χ1v) is 23.3. The molecule has 0 heterocycles. The van der Waals surface area contributed by atoms with Crippen LogP contribution in [-0.2, 0) is 0 Å². The highest BCUT2D eigenvalue weighted by atomic mass is 32.1. The number of phenolic OH excluding ortho intramolecular Hbond substituents is 15. The number of thiol groups is 3. The summed E-state index contributed by atoms with van der Waals surface area (Å²) in [7, 11) is 0. The first-order valence-electron chi connectivity index (χ1n) is 21.9. The van der Waals surface area contributed by atoms with Crippen molar-refractivity contribution in [1.29, 1.82) is 0 Å². The van der Waals surface area contributed by atoms with Gasteiger partial charge in [-0.05, 0) is 132 Å². The molecule has 0 aliphatic heterocycles. The summed E-state index contributed by atoms with van der Waals surface area (Å²) in [6.45, 7) is 0. The van der Waals surface area contributed by atoms with E-state index in [0.29, 0.717) is 10.8 Å². The van der Waals surface area contributed by atoms with Gasteiger partial charge in [0, 0.05) is 49.7 Å². The number of hydrogen-bond acceptors (Lipinski definition) is 18. The van der Waals surface area contributed by atoms with Crippen molar-refractivity contribution in [3.8, 4) is 97.4 Å². The first-order chi connectivity index (χ1) is 36.1. The molecule has 15 nitrogen and oxygen atoms in total. The highest BCUT2D eigenvalue weighted by Crippen LogP contribution is 2.33. The standard InChI is InChI=1S/C12H10O2.C10H8O2.2C6H6O3.2C6H6O2.C6H6OS.C6H6S2.8CH4/c13-11-5-1-9(2-6-11)10-3-7-12(14)8-4-10;11-9-5-1-3-7-8(9)4-2-6-10(7)12;7-4-1-5(8)3-6(9)2-4;7-4-2-1-3-5(8)6(4)9;7-5-2-1-3-6(8)4-5;7-5-3-1-2-4-6(5)8;7-5-1-3-6(8)4-2-5;7-5-1-2-6(8)4-3-5;;;;;;;;/h1-8,13-14H;1-6,11-12H;2*1-3,7-9H;4*1-4,7-8H;8*1H4. The second kappa shape index (κ2) is 45.2. The van der Waals surface area contributed by atoms with Crippen molar-refractivity contribution in [1.82, 2.24) is 0 Å². The van der Waals surface area contributed by atoms with E-state index in [4.69, 9.17) is 66.4 Å². The Bertz CT molecular complexity index is 3010. The summed E-state index contributed by atoms with van der Waals surface area (Å²) in [4.78, 5) is 2.81. The monoisotopic (exact) mass is 1210 g/mol. The van der Waals surface area contributed by atoms with E-state index in [0.717, 1.165) is 44.0 Å². The van der Waals surface area contributed by atoms with E-state index in [-0.39, 0.29) is 140 Å². The van der Waals surface area contributed by atoms with Gasteiger partial charge in [0.1, 0.15) is 57.5 Å². The van der Waals surface area contributed by atoms with Crippen LogP contribution in [0.15, 0.2) is 233 Å². The molecule has 0 aliphatic rings. The van der Waals surface area contributed by atoms with Crippen LogP contribution in [0.3, 0.4) is 0 Å². The summed E-state index contributed by atoms with van der Waals surface area (Å²) in [5.41, 5.74) is 2.03. The van der Waals surface area contributed by atoms with Gasteiger partial charge in [0.25, 0.3) is 0 Å². The Balaban J connectivity index is -0.000000206. The lowest BCUT2D eigenvalue weighted by molar-refractivity contribution is 0.368. The van der Waals surface area contributed by atoms with Crippen LogP contribution in [-0.4, -0.2) is 76.6 Å². The van der Waals surface area contributed by atoms with E-state index in [1.54, 1.807) is 103 Å². The Kier molecular flexibility index (Phi) is 46.1. The zero-order valence-corrected chi connectivity index (χ0v) is 42.5. The van der Waals surface area contributed by atoms with Crippen LogP contribution < -0.4 is 0 Å². The SMILES string of the molecule is C.C.C.C.C.C.C.C.Oc1cc(O)cc(O)c1.Oc1ccc(-c2ccc(O)cc2)cc1.Oc1ccc(S)cc1.Oc1cccc(O)c1.Oc1cccc(O)c1O.Oc1cccc2c(O)cccc12.Oc1ccccc1O.Sc1ccc(S)cc1. The molecule has 0 fully saturated rings. The molecular weight excluding hydrogens is 1130 g/mol. The number of phenols is 15. The molecule has 0 radical (unpaired) electrons. The van der Waals surface area contributed by atoms with Crippen LogP contribution in [0.5, 0.6) is 86.2 Å². The van der Waals surface area contributed by atoms with Gasteiger partial charge in [0.05, 0.1) is 0 Å². The maximum atomic E-state index is 9.38. The fourth-order valence-electron chi connectivity index (χ4n) is 5.55. The summed E-state index contributed by atoms with van der Waals surface area (Å²) in [6.07, 6.45) is 0. The third-order valence-electron chi connectivity index (χ3n) is 9.24. The molecule has 10 aromatic rings. The van der Waals surface area contributed by atoms with E-state index in [9.17, 15) is 10.2 Å². The minimum atomic E-state index is -0.475. The quantitative estimate of drug-likeness (QED) is 0.0537. The van der Waals surface area contributed by atoms with Crippen LogP contribution in [0.4, 0.5) is 0 Å². The molecule has 0 amide bonds. The number of aromatic hydroxyl groups is 15. The van der Waals surface area contributed by atoms with E-state index >= 15 is 0 Å². The maximum Gasteiger partial charge on any atom is 0.200 e. The number of hydrogen-bond donors (Lipinski definition) is 18. The van der Waals surface area contributed by atoms with Crippen LogP contribution in [0.2, 0.25) is 0 Å². The average Bonchev–Trinajstić information content (AvgIpc) is 3.38. The van der Waals surface area contributed by atoms with E-state index < -0.39 is 5.75 Å². The normalized spacial score (nSPS) is 8.61. The average molecular weight is 1220 g/mol. The van der Waals surface area contributed by atoms with Crippen molar-refractivity contribution >= 4 is 48.7 Å².